The SMILES string of the molecule is [Cu].c1ccc(P(Cc2ccccc2[Si](c2ccccc2CP(c2ccccc2)c2ccccc2)c2ccccc2CP(c2ccccc2)c2ccccc2)c2ccccc2)cc1. The van der Waals surface area contributed by atoms with Crippen LogP contribution in [0.1, 0.15) is 16.7 Å². The van der Waals surface area contributed by atoms with Gasteiger partial charge >= 0.3 is 0 Å². The normalized spacial score (nSPS) is 11.2. The molecule has 0 aliphatic heterocycles. The topological polar surface area (TPSA) is 0 Å². The van der Waals surface area contributed by atoms with Gasteiger partial charge in [-0.1, -0.05) is 255 Å². The molecule has 2 radical (unpaired) electrons. The van der Waals surface area contributed by atoms with E-state index in [1.54, 1.807) is 0 Å². The van der Waals surface area contributed by atoms with Gasteiger partial charge < -0.3 is 0 Å². The fraction of sp³-hybridized carbons (Fsp3) is 0.0526. The van der Waals surface area contributed by atoms with E-state index in [9.17, 15) is 0 Å². The molecule has 0 amide bonds. The van der Waals surface area contributed by atoms with E-state index in [0.717, 1.165) is 18.5 Å². The van der Waals surface area contributed by atoms with Gasteiger partial charge in [0, 0.05) is 35.6 Å². The standard InChI is InChI=1S/C57H48P3Si.Cu/c1-7-28-49(29-8-1)58(50-30-9-2-10-31-50)43-46-25-19-22-40-55(46)61(56-41-23-20-26-47(56)44-59(51-32-11-3-12-33-51)52-34-13-4-14-35-52)57-42-24-21-27-48(57)45-60(53-36-15-5-16-37-53)54-38-17-6-18-39-54;/h1-42H,43-45H2;. The van der Waals surface area contributed by atoms with Gasteiger partial charge in [-0.3, -0.25) is 0 Å². The Bertz CT molecular complexity index is 2310. The van der Waals surface area contributed by atoms with Gasteiger partial charge in [-0.15, -0.1) is 0 Å². The number of benzene rings is 9. The molecule has 0 saturated carbocycles. The second-order valence-electron chi connectivity index (χ2n) is 15.1. The van der Waals surface area contributed by atoms with Gasteiger partial charge in [-0.25, -0.2) is 0 Å². The predicted molar refractivity (Wildman–Crippen MR) is 272 cm³/mol. The molecule has 0 unspecified atom stereocenters. The van der Waals surface area contributed by atoms with Crippen LogP contribution in [-0.2, 0) is 35.6 Å². The van der Waals surface area contributed by atoms with Crippen LogP contribution in [0, 0.1) is 0 Å². The maximum Gasteiger partial charge on any atom is 0.155 e. The summed E-state index contributed by atoms with van der Waals surface area (Å²) >= 11 is 0. The Morgan fingerprint density at radius 3 is 0.613 bits per heavy atom. The van der Waals surface area contributed by atoms with E-state index in [1.165, 1.54) is 64.1 Å². The van der Waals surface area contributed by atoms with Crippen molar-refractivity contribution in [3.63, 3.8) is 0 Å². The Balaban J connectivity index is 0.00000529. The smallest absolute Gasteiger partial charge is 0.0623 e. The quantitative estimate of drug-likeness (QED) is 0.0546. The molecule has 0 N–H and O–H groups in total. The first-order valence-corrected chi connectivity index (χ1v) is 27.1. The molecule has 306 valence electrons. The van der Waals surface area contributed by atoms with Gasteiger partial charge in [0.15, 0.2) is 8.80 Å². The summed E-state index contributed by atoms with van der Waals surface area (Å²) < 4.78 is 0. The van der Waals surface area contributed by atoms with Crippen LogP contribution in [-0.4, -0.2) is 8.80 Å². The third kappa shape index (κ3) is 10.4. The summed E-state index contributed by atoms with van der Waals surface area (Å²) in [4.78, 5) is 0. The van der Waals surface area contributed by atoms with E-state index in [4.69, 9.17) is 0 Å². The minimum absolute atomic E-state index is 0. The van der Waals surface area contributed by atoms with Crippen molar-refractivity contribution >= 4 is 79.9 Å². The summed E-state index contributed by atoms with van der Waals surface area (Å²) in [7, 11) is -3.50. The first-order valence-electron chi connectivity index (χ1n) is 21.0. The second kappa shape index (κ2) is 21.9. The van der Waals surface area contributed by atoms with Crippen molar-refractivity contribution in [2.45, 2.75) is 18.5 Å². The zero-order valence-corrected chi connectivity index (χ0v) is 39.1. The van der Waals surface area contributed by atoms with Gasteiger partial charge in [0.2, 0.25) is 0 Å². The molecule has 0 spiro atoms. The van der Waals surface area contributed by atoms with Crippen molar-refractivity contribution in [1.29, 1.82) is 0 Å². The van der Waals surface area contributed by atoms with Crippen LogP contribution in [0.3, 0.4) is 0 Å². The van der Waals surface area contributed by atoms with Crippen molar-refractivity contribution in [3.8, 4) is 0 Å². The summed E-state index contributed by atoms with van der Waals surface area (Å²) in [6.45, 7) is 0. The number of hydrogen-bond acceptors (Lipinski definition) is 0. The Morgan fingerprint density at radius 1 is 0.226 bits per heavy atom. The zero-order chi connectivity index (χ0) is 41.1. The van der Waals surface area contributed by atoms with E-state index in [0.29, 0.717) is 0 Å². The second-order valence-corrected chi connectivity index (χ2v) is 24.1. The Morgan fingerprint density at radius 2 is 0.403 bits per heavy atom. The molecule has 0 aliphatic carbocycles. The molecule has 9 aromatic carbocycles. The van der Waals surface area contributed by atoms with Crippen LogP contribution in [0.4, 0.5) is 0 Å². The first kappa shape index (κ1) is 43.6. The fourth-order valence-electron chi connectivity index (χ4n) is 8.30. The van der Waals surface area contributed by atoms with E-state index in [1.807, 2.05) is 0 Å². The van der Waals surface area contributed by atoms with E-state index in [2.05, 4.69) is 255 Å². The van der Waals surface area contributed by atoms with E-state index in [-0.39, 0.29) is 17.1 Å². The fourth-order valence-corrected chi connectivity index (χ4v) is 18.9. The van der Waals surface area contributed by atoms with Crippen molar-refractivity contribution in [3.05, 3.63) is 271 Å². The molecule has 0 fully saturated rings. The molecule has 0 aromatic heterocycles. The molecular formula is C57H48CuP3Si. The number of rotatable bonds is 15. The average molecular weight is 918 g/mol. The monoisotopic (exact) mass is 916 g/mol. The molecule has 0 heterocycles. The summed E-state index contributed by atoms with van der Waals surface area (Å²) in [6.07, 6.45) is 2.96. The van der Waals surface area contributed by atoms with Crippen molar-refractivity contribution in [2.75, 3.05) is 0 Å². The van der Waals surface area contributed by atoms with Gasteiger partial charge in [0.25, 0.3) is 0 Å². The average Bonchev–Trinajstić information content (AvgIpc) is 3.34. The van der Waals surface area contributed by atoms with Gasteiger partial charge in [-0.05, 0) is 87.8 Å². The molecule has 62 heavy (non-hydrogen) atoms. The molecular weight excluding hydrogens is 869 g/mol. The third-order valence-corrected chi connectivity index (χ3v) is 21.8. The summed E-state index contributed by atoms with van der Waals surface area (Å²) in [5.74, 6) is 0. The summed E-state index contributed by atoms with van der Waals surface area (Å²) in [5, 5.41) is 13.0. The molecule has 5 heteroatoms. The van der Waals surface area contributed by atoms with Gasteiger partial charge in [0.1, 0.15) is 0 Å². The van der Waals surface area contributed by atoms with Crippen molar-refractivity contribution in [1.82, 2.24) is 0 Å². The molecule has 0 aliphatic rings. The molecule has 9 rings (SSSR count). The Labute approximate surface area is 384 Å². The molecule has 0 atom stereocenters. The number of hydrogen-bond donors (Lipinski definition) is 0. The van der Waals surface area contributed by atoms with Crippen LogP contribution in [0.15, 0.2) is 255 Å². The van der Waals surface area contributed by atoms with Crippen LogP contribution < -0.4 is 47.4 Å². The van der Waals surface area contributed by atoms with Crippen LogP contribution in [0.2, 0.25) is 0 Å². The third-order valence-electron chi connectivity index (χ3n) is 11.3. The van der Waals surface area contributed by atoms with Gasteiger partial charge in [-0.2, -0.15) is 0 Å². The molecule has 0 bridgehead atoms. The van der Waals surface area contributed by atoms with Crippen LogP contribution in [0.5, 0.6) is 0 Å². The minimum Gasteiger partial charge on any atom is -0.0623 e. The van der Waals surface area contributed by atoms with Crippen molar-refractivity contribution in [2.24, 2.45) is 0 Å². The summed E-state index contributed by atoms with van der Waals surface area (Å²) in [6, 6.07) is 95.8. The van der Waals surface area contributed by atoms with Crippen LogP contribution in [0.25, 0.3) is 0 Å². The van der Waals surface area contributed by atoms with E-state index < -0.39 is 32.6 Å². The Kier molecular flexibility index (Phi) is 15.4. The maximum atomic E-state index is 2.48. The molecule has 9 aromatic rings. The minimum atomic E-state index is -1.56. The molecule has 0 nitrogen and oxygen atoms in total. The maximum absolute atomic E-state index is 2.48. The largest absolute Gasteiger partial charge is 0.155 e. The Hall–Kier alpha value is -4.99. The van der Waals surface area contributed by atoms with Crippen LogP contribution >= 0.6 is 23.8 Å². The van der Waals surface area contributed by atoms with Gasteiger partial charge in [0.05, 0.1) is 0 Å². The first-order chi connectivity index (χ1) is 30.3. The summed E-state index contributed by atoms with van der Waals surface area (Å²) in [5.41, 5.74) is 4.38. The zero-order valence-electron chi connectivity index (χ0n) is 34.5. The van der Waals surface area contributed by atoms with Crippen molar-refractivity contribution < 1.29 is 17.1 Å². The predicted octanol–water partition coefficient (Wildman–Crippen LogP) is 10.1. The molecule has 0 saturated heterocycles. The van der Waals surface area contributed by atoms with E-state index >= 15 is 0 Å².